The lowest BCUT2D eigenvalue weighted by molar-refractivity contribution is -0.165. The predicted octanol–water partition coefficient (Wildman–Crippen LogP) is 1.85. The number of amides is 1. The molecule has 1 spiro atoms. The second kappa shape index (κ2) is 6.60. The van der Waals surface area contributed by atoms with Gasteiger partial charge < -0.3 is 9.64 Å². The second-order valence-corrected chi connectivity index (χ2v) is 9.38. The Labute approximate surface area is 159 Å². The first-order chi connectivity index (χ1) is 12.9. The number of sulfonamides is 1. The number of fused-ring (bicyclic) bond motifs is 1. The molecule has 1 aliphatic carbocycles. The molecule has 2 heterocycles. The fourth-order valence-corrected chi connectivity index (χ4v) is 6.42. The number of rotatable bonds is 2. The average molecular weight is 392 g/mol. The van der Waals surface area contributed by atoms with Gasteiger partial charge in [-0.15, -0.1) is 0 Å². The van der Waals surface area contributed by atoms with Crippen molar-refractivity contribution in [3.8, 4) is 0 Å². The van der Waals surface area contributed by atoms with Gasteiger partial charge in [-0.3, -0.25) is 9.59 Å². The molecule has 2 aliphatic heterocycles. The van der Waals surface area contributed by atoms with E-state index in [2.05, 4.69) is 0 Å². The van der Waals surface area contributed by atoms with Crippen LogP contribution in [-0.2, 0) is 30.8 Å². The van der Waals surface area contributed by atoms with Crippen LogP contribution in [0.5, 0.6) is 0 Å². The summed E-state index contributed by atoms with van der Waals surface area (Å²) >= 11 is 0. The molecule has 146 valence electrons. The van der Waals surface area contributed by atoms with Crippen LogP contribution >= 0.6 is 0 Å². The molecular formula is C19H24N2O5S. The van der Waals surface area contributed by atoms with Crippen LogP contribution in [-0.4, -0.2) is 49.8 Å². The first-order valence-corrected chi connectivity index (χ1v) is 10.9. The maximum atomic E-state index is 13.5. The molecule has 2 fully saturated rings. The largest absolute Gasteiger partial charge is 0.463 e. The number of hydrogen-bond donors (Lipinski definition) is 0. The molecule has 7 nitrogen and oxygen atoms in total. The van der Waals surface area contributed by atoms with Gasteiger partial charge in [-0.1, -0.05) is 19.3 Å². The van der Waals surface area contributed by atoms with E-state index in [4.69, 9.17) is 4.74 Å². The Bertz CT molecular complexity index is 889. The molecule has 0 aromatic heterocycles. The lowest BCUT2D eigenvalue weighted by Crippen LogP contribution is -2.62. The number of anilines is 1. The number of carbonyl (C=O) groups is 2. The van der Waals surface area contributed by atoms with E-state index in [0.29, 0.717) is 25.8 Å². The molecule has 1 aromatic carbocycles. The summed E-state index contributed by atoms with van der Waals surface area (Å²) in [4.78, 5) is 26.2. The van der Waals surface area contributed by atoms with Crippen molar-refractivity contribution in [1.29, 1.82) is 0 Å². The van der Waals surface area contributed by atoms with E-state index in [1.165, 1.54) is 11.2 Å². The molecule has 1 saturated heterocycles. The number of esters is 1. The zero-order chi connectivity index (χ0) is 19.2. The SMILES string of the molecule is CC(=O)N1CCc2cc(S(=O)(=O)N3CCOC(=O)C34CCCCC4)ccc21. The third kappa shape index (κ3) is 2.86. The number of hydrogen-bond acceptors (Lipinski definition) is 5. The van der Waals surface area contributed by atoms with Crippen LogP contribution < -0.4 is 4.90 Å². The van der Waals surface area contributed by atoms with E-state index in [9.17, 15) is 18.0 Å². The average Bonchev–Trinajstić information content (AvgIpc) is 3.08. The number of carbonyl (C=O) groups excluding carboxylic acids is 2. The molecule has 1 aromatic rings. The summed E-state index contributed by atoms with van der Waals surface area (Å²) in [5.74, 6) is -0.467. The van der Waals surface area contributed by atoms with Crippen molar-refractivity contribution in [2.75, 3.05) is 24.6 Å². The standard InChI is InChI=1S/C19H24N2O5S/c1-14(22)20-10-7-15-13-16(5-6-17(15)20)27(24,25)21-11-12-26-18(23)19(21)8-3-2-4-9-19/h5-6,13H,2-4,7-12H2,1H3. The molecule has 4 rings (SSSR count). The lowest BCUT2D eigenvalue weighted by atomic mass is 9.81. The summed E-state index contributed by atoms with van der Waals surface area (Å²) in [5, 5.41) is 0. The van der Waals surface area contributed by atoms with Crippen LogP contribution in [0.2, 0.25) is 0 Å². The van der Waals surface area contributed by atoms with Gasteiger partial charge in [0.25, 0.3) is 0 Å². The topological polar surface area (TPSA) is 84.0 Å². The minimum atomic E-state index is -3.83. The molecule has 0 radical (unpaired) electrons. The lowest BCUT2D eigenvalue weighted by Gasteiger charge is -2.45. The Hall–Kier alpha value is -1.93. The van der Waals surface area contributed by atoms with Gasteiger partial charge in [-0.25, -0.2) is 8.42 Å². The van der Waals surface area contributed by atoms with Crippen molar-refractivity contribution in [2.45, 2.75) is 55.9 Å². The van der Waals surface area contributed by atoms with E-state index < -0.39 is 21.5 Å². The van der Waals surface area contributed by atoms with Crippen molar-refractivity contribution < 1.29 is 22.7 Å². The van der Waals surface area contributed by atoms with Gasteiger partial charge in [-0.05, 0) is 43.0 Å². The Morgan fingerprint density at radius 2 is 1.89 bits per heavy atom. The molecule has 3 aliphatic rings. The van der Waals surface area contributed by atoms with Crippen LogP contribution in [0.15, 0.2) is 23.1 Å². The smallest absolute Gasteiger partial charge is 0.327 e. The monoisotopic (exact) mass is 392 g/mol. The maximum absolute atomic E-state index is 13.5. The van der Waals surface area contributed by atoms with Crippen molar-refractivity contribution >= 4 is 27.6 Å². The maximum Gasteiger partial charge on any atom is 0.327 e. The van der Waals surface area contributed by atoms with Gasteiger partial charge in [0.2, 0.25) is 15.9 Å². The van der Waals surface area contributed by atoms with Crippen molar-refractivity contribution in [3.63, 3.8) is 0 Å². The van der Waals surface area contributed by atoms with Crippen molar-refractivity contribution in [1.82, 2.24) is 4.31 Å². The molecule has 1 amide bonds. The van der Waals surface area contributed by atoms with Gasteiger partial charge in [-0.2, -0.15) is 4.31 Å². The summed E-state index contributed by atoms with van der Waals surface area (Å²) in [7, 11) is -3.83. The third-order valence-electron chi connectivity index (χ3n) is 5.98. The summed E-state index contributed by atoms with van der Waals surface area (Å²) in [6.07, 6.45) is 4.29. The molecule has 1 saturated carbocycles. The normalized spacial score (nSPS) is 22.6. The highest BCUT2D eigenvalue weighted by atomic mass is 32.2. The highest BCUT2D eigenvalue weighted by Crippen LogP contribution is 2.41. The van der Waals surface area contributed by atoms with E-state index in [1.807, 2.05) is 0 Å². The zero-order valence-corrected chi connectivity index (χ0v) is 16.3. The van der Waals surface area contributed by atoms with E-state index in [-0.39, 0.29) is 24.0 Å². The van der Waals surface area contributed by atoms with Gasteiger partial charge in [0.1, 0.15) is 12.1 Å². The quantitative estimate of drug-likeness (QED) is 0.717. The minimum Gasteiger partial charge on any atom is -0.463 e. The molecule has 27 heavy (non-hydrogen) atoms. The summed E-state index contributed by atoms with van der Waals surface area (Å²) < 4.78 is 33.6. The third-order valence-corrected chi connectivity index (χ3v) is 7.94. The minimum absolute atomic E-state index is 0.0516. The van der Waals surface area contributed by atoms with E-state index >= 15 is 0 Å². The van der Waals surface area contributed by atoms with Gasteiger partial charge in [0, 0.05) is 25.7 Å². The van der Waals surface area contributed by atoms with E-state index in [0.717, 1.165) is 30.5 Å². The zero-order valence-electron chi connectivity index (χ0n) is 15.4. The summed E-state index contributed by atoms with van der Waals surface area (Å²) in [5.41, 5.74) is 0.551. The van der Waals surface area contributed by atoms with Gasteiger partial charge in [0.15, 0.2) is 0 Å². The van der Waals surface area contributed by atoms with Crippen LogP contribution in [0.1, 0.15) is 44.6 Å². The fraction of sp³-hybridized carbons (Fsp3) is 0.579. The van der Waals surface area contributed by atoms with Gasteiger partial charge in [0.05, 0.1) is 4.90 Å². The molecule has 0 atom stereocenters. The van der Waals surface area contributed by atoms with E-state index in [1.54, 1.807) is 23.1 Å². The van der Waals surface area contributed by atoms with Crippen molar-refractivity contribution in [3.05, 3.63) is 23.8 Å². The molecule has 8 heteroatoms. The number of ether oxygens (including phenoxy) is 1. The van der Waals surface area contributed by atoms with Gasteiger partial charge >= 0.3 is 5.97 Å². The Balaban J connectivity index is 1.73. The Morgan fingerprint density at radius 3 is 2.59 bits per heavy atom. The Kier molecular flexibility index (Phi) is 4.50. The first-order valence-electron chi connectivity index (χ1n) is 9.47. The highest BCUT2D eigenvalue weighted by Gasteiger charge is 2.53. The second-order valence-electron chi connectivity index (χ2n) is 7.52. The number of nitrogens with zero attached hydrogens (tertiary/aromatic N) is 2. The highest BCUT2D eigenvalue weighted by molar-refractivity contribution is 7.89. The molecule has 0 N–H and O–H groups in total. The molecular weight excluding hydrogens is 368 g/mol. The predicted molar refractivity (Wildman–Crippen MR) is 98.8 cm³/mol. The molecule has 0 unspecified atom stereocenters. The van der Waals surface area contributed by atoms with Crippen LogP contribution in [0.3, 0.4) is 0 Å². The Morgan fingerprint density at radius 1 is 1.15 bits per heavy atom. The van der Waals surface area contributed by atoms with Crippen LogP contribution in [0.25, 0.3) is 0 Å². The summed E-state index contributed by atoms with van der Waals surface area (Å²) in [6, 6.07) is 4.91. The van der Waals surface area contributed by atoms with Crippen LogP contribution in [0, 0.1) is 0 Å². The fourth-order valence-electron chi connectivity index (χ4n) is 4.60. The van der Waals surface area contributed by atoms with Crippen molar-refractivity contribution in [2.24, 2.45) is 0 Å². The number of cyclic esters (lactones) is 1. The summed E-state index contributed by atoms with van der Waals surface area (Å²) in [6.45, 7) is 2.34. The number of morpholine rings is 1. The molecule has 0 bridgehead atoms. The first kappa shape index (κ1) is 18.4. The number of benzene rings is 1. The van der Waals surface area contributed by atoms with Crippen LogP contribution in [0.4, 0.5) is 5.69 Å².